The van der Waals surface area contributed by atoms with Gasteiger partial charge in [-0.3, -0.25) is 0 Å². The maximum atomic E-state index is 4.26. The predicted octanol–water partition coefficient (Wildman–Crippen LogP) is 2.77. The van der Waals surface area contributed by atoms with E-state index in [9.17, 15) is 0 Å². The van der Waals surface area contributed by atoms with E-state index in [4.69, 9.17) is 0 Å². The van der Waals surface area contributed by atoms with Gasteiger partial charge in [0.2, 0.25) is 0 Å². The second-order valence-electron chi connectivity index (χ2n) is 3.00. The normalized spacial score (nSPS) is 12.8. The minimum Gasteiger partial charge on any atom is -0.241 e. The molecule has 1 unspecified atom stereocenters. The summed E-state index contributed by atoms with van der Waals surface area (Å²) < 4.78 is 0. The van der Waals surface area contributed by atoms with Crippen molar-refractivity contribution in [1.29, 1.82) is 0 Å². The van der Waals surface area contributed by atoms with E-state index in [1.54, 1.807) is 0 Å². The van der Waals surface area contributed by atoms with E-state index in [1.807, 2.05) is 18.5 Å². The molecule has 0 spiro atoms. The topological polar surface area (TPSA) is 25.8 Å². The Balaban J connectivity index is 2.66. The molecule has 0 saturated heterocycles. The number of hydrogen-bond donors (Lipinski definition) is 0. The van der Waals surface area contributed by atoms with Gasteiger partial charge in [-0.25, -0.2) is 9.97 Å². The van der Waals surface area contributed by atoms with Crippen LogP contribution in [-0.2, 0) is 0 Å². The molecular formula is C10H16N2. The fraction of sp³-hybridized carbons (Fsp3) is 0.600. The fourth-order valence-electron chi connectivity index (χ4n) is 1.39. The van der Waals surface area contributed by atoms with Gasteiger partial charge in [0, 0.05) is 18.3 Å². The molecule has 0 aliphatic carbocycles. The summed E-state index contributed by atoms with van der Waals surface area (Å²) >= 11 is 0. The van der Waals surface area contributed by atoms with Crippen LogP contribution in [0.3, 0.4) is 0 Å². The molecule has 1 heterocycles. The Morgan fingerprint density at radius 3 is 2.42 bits per heavy atom. The van der Waals surface area contributed by atoms with Gasteiger partial charge >= 0.3 is 0 Å². The van der Waals surface area contributed by atoms with Crippen molar-refractivity contribution in [2.75, 3.05) is 0 Å². The highest BCUT2D eigenvalue weighted by molar-refractivity contribution is 4.96. The molecule has 0 aromatic carbocycles. The average Bonchev–Trinajstić information content (AvgIpc) is 2.15. The molecule has 2 nitrogen and oxygen atoms in total. The molecule has 0 N–H and O–H groups in total. The number of rotatable bonds is 4. The lowest BCUT2D eigenvalue weighted by atomic mass is 10.00. The van der Waals surface area contributed by atoms with Crippen LogP contribution in [0.15, 0.2) is 18.5 Å². The zero-order valence-electron chi connectivity index (χ0n) is 7.83. The van der Waals surface area contributed by atoms with Crippen molar-refractivity contribution < 1.29 is 0 Å². The van der Waals surface area contributed by atoms with Gasteiger partial charge in [0.05, 0.1) is 0 Å². The summed E-state index contributed by atoms with van der Waals surface area (Å²) in [6.07, 6.45) is 7.18. The second kappa shape index (κ2) is 4.86. The van der Waals surface area contributed by atoms with E-state index in [0.717, 1.165) is 12.2 Å². The molecule has 1 aromatic heterocycles. The van der Waals surface area contributed by atoms with Crippen LogP contribution in [0.1, 0.15) is 44.9 Å². The maximum Gasteiger partial charge on any atom is 0.131 e. The van der Waals surface area contributed by atoms with Gasteiger partial charge in [-0.1, -0.05) is 20.3 Å². The smallest absolute Gasteiger partial charge is 0.131 e. The van der Waals surface area contributed by atoms with Crippen molar-refractivity contribution in [3.8, 4) is 0 Å². The third kappa shape index (κ3) is 2.29. The summed E-state index contributed by atoms with van der Waals surface area (Å²) in [5.41, 5.74) is 0. The summed E-state index contributed by atoms with van der Waals surface area (Å²) in [5, 5.41) is 0. The van der Waals surface area contributed by atoms with Crippen LogP contribution in [-0.4, -0.2) is 9.97 Å². The lowest BCUT2D eigenvalue weighted by molar-refractivity contribution is 0.564. The van der Waals surface area contributed by atoms with Gasteiger partial charge in [-0.05, 0) is 18.9 Å². The van der Waals surface area contributed by atoms with Gasteiger partial charge in [0.25, 0.3) is 0 Å². The van der Waals surface area contributed by atoms with Crippen molar-refractivity contribution in [2.45, 2.75) is 39.0 Å². The van der Waals surface area contributed by atoms with E-state index in [-0.39, 0.29) is 0 Å². The summed E-state index contributed by atoms with van der Waals surface area (Å²) in [6, 6.07) is 1.86. The second-order valence-corrected chi connectivity index (χ2v) is 3.00. The first kappa shape index (κ1) is 9.17. The van der Waals surface area contributed by atoms with E-state index in [0.29, 0.717) is 5.92 Å². The predicted molar refractivity (Wildman–Crippen MR) is 50.0 cm³/mol. The maximum absolute atomic E-state index is 4.26. The third-order valence-corrected chi connectivity index (χ3v) is 2.08. The lowest BCUT2D eigenvalue weighted by Crippen LogP contribution is -2.02. The Bertz CT molecular complexity index is 208. The van der Waals surface area contributed by atoms with E-state index in [2.05, 4.69) is 23.8 Å². The highest BCUT2D eigenvalue weighted by Gasteiger charge is 2.09. The molecule has 0 fully saturated rings. The molecule has 12 heavy (non-hydrogen) atoms. The molecule has 1 rings (SSSR count). The molecule has 0 bridgehead atoms. The molecule has 0 saturated carbocycles. The number of nitrogens with zero attached hydrogens (tertiary/aromatic N) is 2. The monoisotopic (exact) mass is 164 g/mol. The van der Waals surface area contributed by atoms with Gasteiger partial charge in [-0.2, -0.15) is 0 Å². The first-order chi connectivity index (χ1) is 5.88. The first-order valence-electron chi connectivity index (χ1n) is 4.65. The quantitative estimate of drug-likeness (QED) is 0.683. The zero-order valence-corrected chi connectivity index (χ0v) is 7.83. The van der Waals surface area contributed by atoms with Crippen LogP contribution in [0.25, 0.3) is 0 Å². The van der Waals surface area contributed by atoms with E-state index in [1.165, 1.54) is 12.8 Å². The largest absolute Gasteiger partial charge is 0.241 e. The Kier molecular flexibility index (Phi) is 3.71. The van der Waals surface area contributed by atoms with Crippen molar-refractivity contribution in [3.05, 3.63) is 24.3 Å². The van der Waals surface area contributed by atoms with Crippen molar-refractivity contribution in [1.82, 2.24) is 9.97 Å². The number of aromatic nitrogens is 2. The van der Waals surface area contributed by atoms with Crippen molar-refractivity contribution in [2.24, 2.45) is 0 Å². The average molecular weight is 164 g/mol. The molecule has 0 aliphatic heterocycles. The van der Waals surface area contributed by atoms with Gasteiger partial charge in [0.15, 0.2) is 0 Å². The Morgan fingerprint density at radius 1 is 1.25 bits per heavy atom. The van der Waals surface area contributed by atoms with Crippen LogP contribution in [0, 0.1) is 0 Å². The molecule has 0 radical (unpaired) electrons. The molecule has 0 aliphatic rings. The van der Waals surface area contributed by atoms with Gasteiger partial charge in [-0.15, -0.1) is 0 Å². The zero-order chi connectivity index (χ0) is 8.81. The Hall–Kier alpha value is -0.920. The SMILES string of the molecule is CCCC(CC)c1ncccn1. The van der Waals surface area contributed by atoms with Crippen LogP contribution in [0.5, 0.6) is 0 Å². The highest BCUT2D eigenvalue weighted by atomic mass is 14.9. The Labute approximate surface area is 74.1 Å². The van der Waals surface area contributed by atoms with Crippen LogP contribution in [0.2, 0.25) is 0 Å². The van der Waals surface area contributed by atoms with Gasteiger partial charge in [0.1, 0.15) is 5.82 Å². The highest BCUT2D eigenvalue weighted by Crippen LogP contribution is 2.20. The molecule has 2 heteroatoms. The molecular weight excluding hydrogens is 148 g/mol. The first-order valence-corrected chi connectivity index (χ1v) is 4.65. The van der Waals surface area contributed by atoms with E-state index >= 15 is 0 Å². The van der Waals surface area contributed by atoms with Crippen LogP contribution >= 0.6 is 0 Å². The summed E-state index contributed by atoms with van der Waals surface area (Å²) in [7, 11) is 0. The lowest BCUT2D eigenvalue weighted by Gasteiger charge is -2.10. The van der Waals surface area contributed by atoms with Crippen LogP contribution < -0.4 is 0 Å². The molecule has 1 aromatic rings. The van der Waals surface area contributed by atoms with Crippen LogP contribution in [0.4, 0.5) is 0 Å². The summed E-state index contributed by atoms with van der Waals surface area (Å²) in [6.45, 7) is 4.39. The summed E-state index contributed by atoms with van der Waals surface area (Å²) in [4.78, 5) is 8.51. The van der Waals surface area contributed by atoms with E-state index < -0.39 is 0 Å². The number of hydrogen-bond acceptors (Lipinski definition) is 2. The minimum atomic E-state index is 0.552. The molecule has 0 amide bonds. The van der Waals surface area contributed by atoms with Crippen molar-refractivity contribution in [3.63, 3.8) is 0 Å². The minimum absolute atomic E-state index is 0.552. The molecule has 1 atom stereocenters. The summed E-state index contributed by atoms with van der Waals surface area (Å²) in [5.74, 6) is 1.55. The van der Waals surface area contributed by atoms with Crippen molar-refractivity contribution >= 4 is 0 Å². The third-order valence-electron chi connectivity index (χ3n) is 2.08. The molecule has 66 valence electrons. The fourth-order valence-corrected chi connectivity index (χ4v) is 1.39. The Morgan fingerprint density at radius 2 is 1.92 bits per heavy atom. The van der Waals surface area contributed by atoms with Gasteiger partial charge < -0.3 is 0 Å². The standard InChI is InChI=1S/C10H16N2/c1-3-6-9(4-2)10-11-7-5-8-12-10/h5,7-9H,3-4,6H2,1-2H3.